The summed E-state index contributed by atoms with van der Waals surface area (Å²) in [5.74, 6) is 0. The molecule has 1 aromatic carbocycles. The van der Waals surface area contributed by atoms with Crippen molar-refractivity contribution in [2.75, 3.05) is 5.32 Å². The van der Waals surface area contributed by atoms with Gasteiger partial charge in [-0.2, -0.15) is 0 Å². The molecule has 6 nitrogen and oxygen atoms in total. The Balaban J connectivity index is 1.58. The van der Waals surface area contributed by atoms with Gasteiger partial charge in [0.05, 0.1) is 23.3 Å². The normalized spacial score (nSPS) is 11.2. The SMILES string of the molecule is O=c1[nH]c2ccc(NCc3cn4ccccc4n3)cc2[nH]1. The van der Waals surface area contributed by atoms with E-state index in [0.717, 1.165) is 28.1 Å². The number of hydrogen-bond acceptors (Lipinski definition) is 3. The molecule has 0 spiro atoms. The van der Waals surface area contributed by atoms with Gasteiger partial charge in [-0.25, -0.2) is 9.78 Å². The lowest BCUT2D eigenvalue weighted by Gasteiger charge is -2.03. The molecule has 3 N–H and O–H groups in total. The molecule has 0 aliphatic heterocycles. The molecule has 0 fully saturated rings. The number of nitrogens with one attached hydrogen (secondary N) is 3. The quantitative estimate of drug-likeness (QED) is 0.537. The molecule has 21 heavy (non-hydrogen) atoms. The van der Waals surface area contributed by atoms with Gasteiger partial charge in [-0.3, -0.25) is 0 Å². The maximum Gasteiger partial charge on any atom is 0.323 e. The first-order valence-electron chi connectivity index (χ1n) is 6.66. The number of H-pyrrole nitrogens is 2. The van der Waals surface area contributed by atoms with E-state index < -0.39 is 0 Å². The van der Waals surface area contributed by atoms with Gasteiger partial charge in [0.25, 0.3) is 0 Å². The molecule has 0 bridgehead atoms. The van der Waals surface area contributed by atoms with Crippen LogP contribution in [0.15, 0.2) is 53.6 Å². The summed E-state index contributed by atoms with van der Waals surface area (Å²) in [4.78, 5) is 21.2. The third kappa shape index (κ3) is 2.16. The third-order valence-corrected chi connectivity index (χ3v) is 3.40. The first-order chi connectivity index (χ1) is 10.3. The molecule has 0 aliphatic rings. The largest absolute Gasteiger partial charge is 0.379 e. The average molecular weight is 279 g/mol. The van der Waals surface area contributed by atoms with Crippen molar-refractivity contribution < 1.29 is 0 Å². The minimum atomic E-state index is -0.192. The highest BCUT2D eigenvalue weighted by molar-refractivity contribution is 5.78. The van der Waals surface area contributed by atoms with Crippen molar-refractivity contribution in [2.24, 2.45) is 0 Å². The lowest BCUT2D eigenvalue weighted by atomic mass is 10.2. The van der Waals surface area contributed by atoms with Crippen molar-refractivity contribution in [1.82, 2.24) is 19.4 Å². The maximum atomic E-state index is 11.2. The number of rotatable bonds is 3. The maximum absolute atomic E-state index is 11.2. The fourth-order valence-corrected chi connectivity index (χ4v) is 2.41. The summed E-state index contributed by atoms with van der Waals surface area (Å²) < 4.78 is 1.99. The van der Waals surface area contributed by atoms with Crippen LogP contribution < -0.4 is 11.0 Å². The zero-order chi connectivity index (χ0) is 14.2. The molecule has 0 saturated carbocycles. The standard InChI is InChI=1S/C15H13N5O/c21-15-18-12-5-4-10(7-13(12)19-15)16-8-11-9-20-6-2-1-3-14(20)17-11/h1-7,9,16H,8H2,(H2,18,19,21). The van der Waals surface area contributed by atoms with Crippen LogP contribution in [0, 0.1) is 0 Å². The number of benzene rings is 1. The topological polar surface area (TPSA) is 78.0 Å². The van der Waals surface area contributed by atoms with Crippen LogP contribution in [0.4, 0.5) is 5.69 Å². The predicted molar refractivity (Wildman–Crippen MR) is 81.4 cm³/mol. The molecule has 0 amide bonds. The monoisotopic (exact) mass is 279 g/mol. The van der Waals surface area contributed by atoms with Crippen molar-refractivity contribution in [3.63, 3.8) is 0 Å². The number of hydrogen-bond donors (Lipinski definition) is 3. The fraction of sp³-hybridized carbons (Fsp3) is 0.0667. The summed E-state index contributed by atoms with van der Waals surface area (Å²) in [7, 11) is 0. The van der Waals surface area contributed by atoms with Crippen LogP contribution in [0.25, 0.3) is 16.7 Å². The van der Waals surface area contributed by atoms with E-state index in [4.69, 9.17) is 0 Å². The molecular weight excluding hydrogens is 266 g/mol. The number of nitrogens with zero attached hydrogens (tertiary/aromatic N) is 2. The Morgan fingerprint density at radius 1 is 1.14 bits per heavy atom. The number of aromatic nitrogens is 4. The summed E-state index contributed by atoms with van der Waals surface area (Å²) in [6.45, 7) is 0.627. The summed E-state index contributed by atoms with van der Waals surface area (Å²) in [6, 6.07) is 11.6. The highest BCUT2D eigenvalue weighted by Gasteiger charge is 2.02. The van der Waals surface area contributed by atoms with Crippen LogP contribution in [0.3, 0.4) is 0 Å². The van der Waals surface area contributed by atoms with Gasteiger partial charge in [0.2, 0.25) is 0 Å². The van der Waals surface area contributed by atoms with Gasteiger partial charge in [-0.1, -0.05) is 6.07 Å². The average Bonchev–Trinajstić information content (AvgIpc) is 3.06. The zero-order valence-corrected chi connectivity index (χ0v) is 11.1. The molecule has 3 heterocycles. The molecule has 4 aromatic rings. The molecular formula is C15H13N5O. The first kappa shape index (κ1) is 11.8. The molecule has 104 valence electrons. The van der Waals surface area contributed by atoms with Crippen molar-refractivity contribution in [3.8, 4) is 0 Å². The van der Waals surface area contributed by atoms with Crippen LogP contribution >= 0.6 is 0 Å². The Kier molecular flexibility index (Phi) is 2.53. The lowest BCUT2D eigenvalue weighted by Crippen LogP contribution is -1.99. The van der Waals surface area contributed by atoms with Crippen LogP contribution in [0.2, 0.25) is 0 Å². The highest BCUT2D eigenvalue weighted by Crippen LogP contribution is 2.15. The van der Waals surface area contributed by atoms with Crippen LogP contribution in [-0.2, 0) is 6.54 Å². The van der Waals surface area contributed by atoms with E-state index in [1.165, 1.54) is 0 Å². The molecule has 3 aromatic heterocycles. The molecule has 6 heteroatoms. The third-order valence-electron chi connectivity index (χ3n) is 3.40. The summed E-state index contributed by atoms with van der Waals surface area (Å²) in [6.07, 6.45) is 3.97. The number of fused-ring (bicyclic) bond motifs is 2. The van der Waals surface area contributed by atoms with Crippen LogP contribution in [0.1, 0.15) is 5.69 Å². The smallest absolute Gasteiger partial charge is 0.323 e. The molecule has 0 unspecified atom stereocenters. The second kappa shape index (κ2) is 4.52. The summed E-state index contributed by atoms with van der Waals surface area (Å²) >= 11 is 0. The number of imidazole rings is 2. The minimum Gasteiger partial charge on any atom is -0.379 e. The van der Waals surface area contributed by atoms with E-state index in [1.807, 2.05) is 53.2 Å². The Labute approximate surface area is 119 Å². The molecule has 4 rings (SSSR count). The molecule has 0 aliphatic carbocycles. The Morgan fingerprint density at radius 3 is 2.95 bits per heavy atom. The predicted octanol–water partition coefficient (Wildman–Crippen LogP) is 2.12. The second-order valence-electron chi connectivity index (χ2n) is 4.89. The van der Waals surface area contributed by atoms with E-state index in [9.17, 15) is 4.79 Å². The van der Waals surface area contributed by atoms with E-state index >= 15 is 0 Å². The van der Waals surface area contributed by atoms with Gasteiger partial charge in [-0.05, 0) is 30.3 Å². The van der Waals surface area contributed by atoms with E-state index in [2.05, 4.69) is 20.3 Å². The molecule has 0 saturated heterocycles. The Hall–Kier alpha value is -3.02. The van der Waals surface area contributed by atoms with Crippen LogP contribution in [-0.4, -0.2) is 19.4 Å². The Bertz CT molecular complexity index is 945. The van der Waals surface area contributed by atoms with Gasteiger partial charge < -0.3 is 19.7 Å². The van der Waals surface area contributed by atoms with E-state index in [-0.39, 0.29) is 5.69 Å². The van der Waals surface area contributed by atoms with E-state index in [1.54, 1.807) is 0 Å². The minimum absolute atomic E-state index is 0.192. The van der Waals surface area contributed by atoms with Gasteiger partial charge in [0.15, 0.2) is 0 Å². The fourth-order valence-electron chi connectivity index (χ4n) is 2.41. The van der Waals surface area contributed by atoms with Gasteiger partial charge in [0, 0.05) is 18.1 Å². The van der Waals surface area contributed by atoms with E-state index in [0.29, 0.717) is 6.54 Å². The molecule has 0 radical (unpaired) electrons. The van der Waals surface area contributed by atoms with Crippen LogP contribution in [0.5, 0.6) is 0 Å². The highest BCUT2D eigenvalue weighted by atomic mass is 16.1. The first-order valence-corrected chi connectivity index (χ1v) is 6.66. The van der Waals surface area contributed by atoms with Gasteiger partial charge in [0.1, 0.15) is 5.65 Å². The van der Waals surface area contributed by atoms with Crippen molar-refractivity contribution in [1.29, 1.82) is 0 Å². The van der Waals surface area contributed by atoms with Gasteiger partial charge >= 0.3 is 5.69 Å². The summed E-state index contributed by atoms with van der Waals surface area (Å²) in [5, 5.41) is 3.31. The number of aromatic amines is 2. The summed E-state index contributed by atoms with van der Waals surface area (Å²) in [5.41, 5.74) is 4.24. The van der Waals surface area contributed by atoms with Gasteiger partial charge in [-0.15, -0.1) is 0 Å². The van der Waals surface area contributed by atoms with Crippen molar-refractivity contribution in [3.05, 3.63) is 65.0 Å². The number of pyridine rings is 1. The van der Waals surface area contributed by atoms with Crippen molar-refractivity contribution >= 4 is 22.4 Å². The Morgan fingerprint density at radius 2 is 2.05 bits per heavy atom. The molecule has 0 atom stereocenters. The second-order valence-corrected chi connectivity index (χ2v) is 4.89. The number of anilines is 1. The zero-order valence-electron chi connectivity index (χ0n) is 11.1. The van der Waals surface area contributed by atoms with Crippen molar-refractivity contribution in [2.45, 2.75) is 6.54 Å². The lowest BCUT2D eigenvalue weighted by molar-refractivity contribution is 1.08.